The van der Waals surface area contributed by atoms with Crippen molar-refractivity contribution in [1.29, 1.82) is 0 Å². The van der Waals surface area contributed by atoms with Crippen LogP contribution < -0.4 is 21.7 Å². The third-order valence-electron chi connectivity index (χ3n) is 2.69. The zero-order valence-electron chi connectivity index (χ0n) is 9.83. The van der Waals surface area contributed by atoms with E-state index in [-0.39, 0.29) is 12.1 Å². The summed E-state index contributed by atoms with van der Waals surface area (Å²) >= 11 is 0. The van der Waals surface area contributed by atoms with Crippen LogP contribution in [0, 0.1) is 0 Å². The van der Waals surface area contributed by atoms with Crippen molar-refractivity contribution in [3.8, 4) is 0 Å². The lowest BCUT2D eigenvalue weighted by Crippen LogP contribution is -2.39. The quantitative estimate of drug-likeness (QED) is 0.369. The summed E-state index contributed by atoms with van der Waals surface area (Å²) in [6.45, 7) is 2.55. The third kappa shape index (κ3) is 2.84. The number of nitrogens with zero attached hydrogens (tertiary/aromatic N) is 3. The van der Waals surface area contributed by atoms with Crippen molar-refractivity contribution in [3.63, 3.8) is 0 Å². The maximum absolute atomic E-state index is 11.8. The van der Waals surface area contributed by atoms with E-state index in [0.717, 1.165) is 23.5 Å². The number of hydrogen-bond acceptors (Lipinski definition) is 6. The zero-order valence-corrected chi connectivity index (χ0v) is 9.83. The molecule has 0 aromatic carbocycles. The Kier molecular flexibility index (Phi) is 3.90. The number of carbonyl (C=O) groups is 1. The van der Waals surface area contributed by atoms with Gasteiger partial charge in [-0.25, -0.2) is 10.5 Å². The average molecular weight is 253 g/mol. The number of rotatable bonds is 3. The molecule has 0 unspecified atom stereocenters. The van der Waals surface area contributed by atoms with Crippen molar-refractivity contribution in [3.05, 3.63) is 22.6 Å². The smallest absolute Gasteiger partial charge is 0.269 e. The molecule has 1 aromatic rings. The van der Waals surface area contributed by atoms with Crippen LogP contribution in [0.3, 0.4) is 0 Å². The molecule has 0 saturated carbocycles. The molecule has 98 valence electrons. The molecule has 0 aliphatic carbocycles. The molecule has 1 aromatic heterocycles. The van der Waals surface area contributed by atoms with Crippen LogP contribution in [0.5, 0.6) is 0 Å². The van der Waals surface area contributed by atoms with Crippen molar-refractivity contribution in [2.75, 3.05) is 31.2 Å². The highest BCUT2D eigenvalue weighted by molar-refractivity contribution is 5.74. The van der Waals surface area contributed by atoms with Gasteiger partial charge < -0.3 is 9.64 Å². The SMILES string of the molecule is NNC(=O)Cn1ncc(N2CCOCC2)cc1=O. The summed E-state index contributed by atoms with van der Waals surface area (Å²) in [5.74, 6) is 4.48. The number of carbonyl (C=O) groups excluding carboxylic acids is 1. The van der Waals surface area contributed by atoms with Crippen molar-refractivity contribution in [2.45, 2.75) is 6.54 Å². The molecule has 2 heterocycles. The minimum atomic E-state index is -0.469. The molecule has 1 aliphatic heterocycles. The van der Waals surface area contributed by atoms with E-state index < -0.39 is 5.91 Å². The first-order valence-electron chi connectivity index (χ1n) is 5.60. The number of nitrogens with two attached hydrogens (primary N) is 1. The summed E-state index contributed by atoms with van der Waals surface area (Å²) in [6.07, 6.45) is 1.57. The molecule has 1 saturated heterocycles. The fraction of sp³-hybridized carbons (Fsp3) is 0.500. The van der Waals surface area contributed by atoms with Gasteiger partial charge >= 0.3 is 0 Å². The Morgan fingerprint density at radius 3 is 2.83 bits per heavy atom. The van der Waals surface area contributed by atoms with Gasteiger partial charge in [-0.05, 0) is 0 Å². The topological polar surface area (TPSA) is 102 Å². The lowest BCUT2D eigenvalue weighted by molar-refractivity contribution is -0.122. The van der Waals surface area contributed by atoms with Crippen molar-refractivity contribution in [1.82, 2.24) is 15.2 Å². The van der Waals surface area contributed by atoms with Gasteiger partial charge in [0.2, 0.25) is 0 Å². The third-order valence-corrected chi connectivity index (χ3v) is 2.69. The van der Waals surface area contributed by atoms with Crippen LogP contribution in [0.15, 0.2) is 17.1 Å². The van der Waals surface area contributed by atoms with Crippen molar-refractivity contribution in [2.24, 2.45) is 5.84 Å². The molecule has 8 heteroatoms. The van der Waals surface area contributed by atoms with Gasteiger partial charge in [-0.15, -0.1) is 0 Å². The monoisotopic (exact) mass is 253 g/mol. The molecule has 1 aliphatic rings. The maximum atomic E-state index is 11.8. The Hall–Kier alpha value is -1.93. The average Bonchev–Trinajstić information content (AvgIpc) is 2.42. The first-order valence-corrected chi connectivity index (χ1v) is 5.60. The molecule has 8 nitrogen and oxygen atoms in total. The molecular weight excluding hydrogens is 238 g/mol. The second kappa shape index (κ2) is 5.61. The number of aromatic nitrogens is 2. The summed E-state index contributed by atoms with van der Waals surface area (Å²) in [5.41, 5.74) is 2.37. The van der Waals surface area contributed by atoms with Crippen LogP contribution in [0.25, 0.3) is 0 Å². The molecule has 1 fully saturated rings. The van der Waals surface area contributed by atoms with Gasteiger partial charge in [0.15, 0.2) is 0 Å². The van der Waals surface area contributed by atoms with Crippen molar-refractivity contribution >= 4 is 11.6 Å². The number of hydrazine groups is 1. The van der Waals surface area contributed by atoms with E-state index in [9.17, 15) is 9.59 Å². The highest BCUT2D eigenvalue weighted by atomic mass is 16.5. The number of ether oxygens (including phenoxy) is 1. The van der Waals surface area contributed by atoms with Crippen LogP contribution in [0.4, 0.5) is 5.69 Å². The number of nitrogens with one attached hydrogen (secondary N) is 1. The van der Waals surface area contributed by atoms with Gasteiger partial charge in [-0.2, -0.15) is 5.10 Å². The van der Waals surface area contributed by atoms with Crippen molar-refractivity contribution < 1.29 is 9.53 Å². The minimum Gasteiger partial charge on any atom is -0.378 e. The number of amides is 1. The maximum Gasteiger partial charge on any atom is 0.269 e. The molecular formula is C10H15N5O3. The number of hydrogen-bond donors (Lipinski definition) is 2. The van der Waals surface area contributed by atoms with Gasteiger partial charge in [0.25, 0.3) is 11.5 Å². The Balaban J connectivity index is 2.13. The Morgan fingerprint density at radius 1 is 1.50 bits per heavy atom. The van der Waals surface area contributed by atoms with E-state index >= 15 is 0 Å². The predicted octanol–water partition coefficient (Wildman–Crippen LogP) is -1.93. The van der Waals surface area contributed by atoms with E-state index in [1.807, 2.05) is 10.3 Å². The normalized spacial score (nSPS) is 15.5. The van der Waals surface area contributed by atoms with E-state index in [4.69, 9.17) is 10.6 Å². The lowest BCUT2D eigenvalue weighted by atomic mass is 10.3. The molecule has 1 amide bonds. The summed E-state index contributed by atoms with van der Waals surface area (Å²) in [7, 11) is 0. The van der Waals surface area contributed by atoms with E-state index in [0.29, 0.717) is 13.2 Å². The van der Waals surface area contributed by atoms with Crippen LogP contribution in [0.2, 0.25) is 0 Å². The largest absolute Gasteiger partial charge is 0.378 e. The van der Waals surface area contributed by atoms with Gasteiger partial charge in [-0.1, -0.05) is 0 Å². The Morgan fingerprint density at radius 2 is 2.22 bits per heavy atom. The molecule has 3 N–H and O–H groups in total. The summed E-state index contributed by atoms with van der Waals surface area (Å²) < 4.78 is 6.29. The zero-order chi connectivity index (χ0) is 13.0. The first kappa shape index (κ1) is 12.5. The fourth-order valence-electron chi connectivity index (χ4n) is 1.72. The Labute approximate surface area is 103 Å². The first-order chi connectivity index (χ1) is 8.70. The van der Waals surface area contributed by atoms with Crippen LogP contribution in [-0.4, -0.2) is 42.0 Å². The predicted molar refractivity (Wildman–Crippen MR) is 63.9 cm³/mol. The molecule has 18 heavy (non-hydrogen) atoms. The summed E-state index contributed by atoms with van der Waals surface area (Å²) in [6, 6.07) is 1.46. The highest BCUT2D eigenvalue weighted by Gasteiger charge is 2.13. The standard InChI is InChI=1S/C10H15N5O3/c11-13-9(16)7-15-10(17)5-8(6-12-15)14-1-3-18-4-2-14/h5-6H,1-4,7,11H2,(H,13,16). The van der Waals surface area contributed by atoms with Gasteiger partial charge in [0.1, 0.15) is 6.54 Å². The van der Waals surface area contributed by atoms with Gasteiger partial charge in [0, 0.05) is 19.2 Å². The van der Waals surface area contributed by atoms with Crippen LogP contribution in [-0.2, 0) is 16.1 Å². The molecule has 0 radical (unpaired) electrons. The van der Waals surface area contributed by atoms with Crippen LogP contribution in [0.1, 0.15) is 0 Å². The molecule has 0 atom stereocenters. The van der Waals surface area contributed by atoms with E-state index in [1.165, 1.54) is 6.07 Å². The molecule has 0 spiro atoms. The summed E-state index contributed by atoms with van der Waals surface area (Å²) in [4.78, 5) is 24.8. The lowest BCUT2D eigenvalue weighted by Gasteiger charge is -2.28. The van der Waals surface area contributed by atoms with Crippen LogP contribution >= 0.6 is 0 Å². The molecule has 0 bridgehead atoms. The van der Waals surface area contributed by atoms with Gasteiger partial charge in [0.05, 0.1) is 25.1 Å². The minimum absolute atomic E-state index is 0.182. The van der Waals surface area contributed by atoms with E-state index in [1.54, 1.807) is 6.20 Å². The highest BCUT2D eigenvalue weighted by Crippen LogP contribution is 2.11. The summed E-state index contributed by atoms with van der Waals surface area (Å²) in [5, 5.41) is 3.95. The second-order valence-corrected chi connectivity index (χ2v) is 3.88. The second-order valence-electron chi connectivity index (χ2n) is 3.88. The molecule has 2 rings (SSSR count). The number of anilines is 1. The van der Waals surface area contributed by atoms with Gasteiger partial charge in [-0.3, -0.25) is 15.0 Å². The Bertz CT molecular complexity index is 481. The number of morpholine rings is 1. The fourth-order valence-corrected chi connectivity index (χ4v) is 1.72. The van der Waals surface area contributed by atoms with E-state index in [2.05, 4.69) is 5.10 Å².